The Morgan fingerprint density at radius 1 is 1.36 bits per heavy atom. The molecule has 2 N–H and O–H groups in total. The summed E-state index contributed by atoms with van der Waals surface area (Å²) in [6, 6.07) is 2.29. The molecule has 11 heteroatoms. The van der Waals surface area contributed by atoms with E-state index in [1.165, 1.54) is 13.1 Å². The third-order valence-electron chi connectivity index (χ3n) is 5.66. The standard InChI is InChI=1S/C25H36N6O4S/c1-5-8-20-22-23(31(4)29-20)25(32)28-24(27-22)19-16-18(10-11-21(19)35-15-6-2)36(33,34)26-13-12-17-9-7-14-30(17)3/h10-11,16-17,26H,5-9,12-15H2,1-4H3,(H,27,28,32)/i3D3,5D2,8D2,12D2,13D. The largest absolute Gasteiger partial charge is 0.493 e. The molecule has 36 heavy (non-hydrogen) atoms. The molecule has 3 heterocycles. The van der Waals surface area contributed by atoms with Crippen LogP contribution in [-0.4, -0.2) is 65.8 Å². The Bertz CT molecular complexity index is 1770. The van der Waals surface area contributed by atoms with Gasteiger partial charge in [-0.25, -0.2) is 18.1 Å². The molecule has 1 saturated heterocycles. The number of benzene rings is 1. The minimum Gasteiger partial charge on any atom is -0.493 e. The van der Waals surface area contributed by atoms with Crippen LogP contribution in [-0.2, 0) is 23.4 Å². The van der Waals surface area contributed by atoms with Crippen LogP contribution in [0.3, 0.4) is 0 Å². The van der Waals surface area contributed by atoms with E-state index in [4.69, 9.17) is 18.4 Å². The molecule has 1 fully saturated rings. The summed E-state index contributed by atoms with van der Waals surface area (Å²) in [6.45, 7) is -1.61. The van der Waals surface area contributed by atoms with Crippen LogP contribution in [0.1, 0.15) is 65.3 Å². The Labute approximate surface area is 226 Å². The van der Waals surface area contributed by atoms with Gasteiger partial charge in [-0.15, -0.1) is 0 Å². The van der Waals surface area contributed by atoms with Gasteiger partial charge in [0.05, 0.1) is 22.8 Å². The summed E-state index contributed by atoms with van der Waals surface area (Å²) in [5, 5.41) is 4.05. The van der Waals surface area contributed by atoms with E-state index in [9.17, 15) is 13.2 Å². The highest BCUT2D eigenvalue weighted by atomic mass is 32.2. The number of hydrogen-bond acceptors (Lipinski definition) is 7. The molecule has 196 valence electrons. The topological polar surface area (TPSA) is 122 Å². The molecule has 2 atom stereocenters. The van der Waals surface area contributed by atoms with Gasteiger partial charge in [0.1, 0.15) is 17.1 Å². The molecule has 0 bridgehead atoms. The fourth-order valence-corrected chi connectivity index (χ4v) is 4.80. The third kappa shape index (κ3) is 5.47. The number of rotatable bonds is 11. The third-order valence-corrected chi connectivity index (χ3v) is 6.96. The zero-order valence-electron chi connectivity index (χ0n) is 30.3. The van der Waals surface area contributed by atoms with Crippen LogP contribution in [0.15, 0.2) is 27.9 Å². The molecule has 4 rings (SSSR count). The SMILES string of the molecule is [2H]C(NS(=O)(=O)c1ccc(OCCC)c(-c2nc3c(C([2H])([2H])C([2H])([2H])C)nn(C)c3c(=O)[nH]2)c1)C([2H])([2H])C1CCCN1C([2H])([2H])[2H]. The Hall–Kier alpha value is -2.76. The van der Waals surface area contributed by atoms with Crippen molar-refractivity contribution in [2.75, 3.05) is 26.6 Å². The highest BCUT2D eigenvalue weighted by Crippen LogP contribution is 2.31. The fourth-order valence-electron chi connectivity index (χ4n) is 3.92. The van der Waals surface area contributed by atoms with E-state index >= 15 is 0 Å². The summed E-state index contributed by atoms with van der Waals surface area (Å²) in [5.41, 5.74) is -1.65. The Morgan fingerprint density at radius 2 is 2.19 bits per heavy atom. The fraction of sp³-hybridized carbons (Fsp3) is 0.560. The summed E-state index contributed by atoms with van der Waals surface area (Å²) >= 11 is 0. The minimum atomic E-state index is -4.63. The first kappa shape index (κ1) is 16.2. The molecular weight excluding hydrogens is 480 g/mol. The first-order chi connectivity index (χ1) is 21.0. The number of sulfonamides is 1. The Kier molecular flexibility index (Phi) is 4.98. The van der Waals surface area contributed by atoms with E-state index in [2.05, 4.69) is 15.1 Å². The number of hydrogen-bond donors (Lipinski definition) is 2. The van der Waals surface area contributed by atoms with Gasteiger partial charge in [-0.1, -0.05) is 20.2 Å². The highest BCUT2D eigenvalue weighted by molar-refractivity contribution is 7.89. The zero-order valence-corrected chi connectivity index (χ0v) is 21.1. The number of ether oxygens (including phenoxy) is 1. The van der Waals surface area contributed by atoms with E-state index in [-0.39, 0.29) is 47.7 Å². The Balaban J connectivity index is 1.80. The quantitative estimate of drug-likeness (QED) is 0.394. The van der Waals surface area contributed by atoms with Crippen LogP contribution < -0.4 is 15.0 Å². The van der Waals surface area contributed by atoms with Crippen molar-refractivity contribution in [1.29, 1.82) is 0 Å². The smallest absolute Gasteiger partial charge is 0.277 e. The van der Waals surface area contributed by atoms with Crippen molar-refractivity contribution in [1.82, 2.24) is 29.4 Å². The Morgan fingerprint density at radius 3 is 2.94 bits per heavy atom. The summed E-state index contributed by atoms with van der Waals surface area (Å²) in [7, 11) is -3.26. The first-order valence-electron chi connectivity index (χ1n) is 16.6. The van der Waals surface area contributed by atoms with E-state index in [0.717, 1.165) is 28.6 Å². The van der Waals surface area contributed by atoms with Crippen molar-refractivity contribution in [3.05, 3.63) is 34.2 Å². The highest BCUT2D eigenvalue weighted by Gasteiger charge is 2.23. The van der Waals surface area contributed by atoms with Crippen molar-refractivity contribution in [2.45, 2.75) is 63.2 Å². The molecule has 1 aromatic carbocycles. The van der Waals surface area contributed by atoms with Crippen LogP contribution in [0.4, 0.5) is 0 Å². The van der Waals surface area contributed by atoms with Crippen LogP contribution in [0.2, 0.25) is 0 Å². The molecule has 0 amide bonds. The molecule has 0 spiro atoms. The maximum atomic E-state index is 13.5. The number of nitrogens with one attached hydrogen (secondary N) is 2. The number of aromatic nitrogens is 4. The van der Waals surface area contributed by atoms with Crippen molar-refractivity contribution in [3.8, 4) is 17.1 Å². The lowest BCUT2D eigenvalue weighted by Gasteiger charge is -2.19. The predicted octanol–water partition coefficient (Wildman–Crippen LogP) is 2.83. The molecule has 1 aliphatic heterocycles. The molecule has 2 aromatic heterocycles. The zero-order chi connectivity index (χ0) is 34.6. The number of fused-ring (bicyclic) bond motifs is 1. The van der Waals surface area contributed by atoms with Gasteiger partial charge in [-0.2, -0.15) is 5.10 Å². The van der Waals surface area contributed by atoms with Crippen LogP contribution >= 0.6 is 0 Å². The van der Waals surface area contributed by atoms with Gasteiger partial charge in [-0.3, -0.25) is 9.48 Å². The molecule has 0 saturated carbocycles. The summed E-state index contributed by atoms with van der Waals surface area (Å²) in [4.78, 5) is 20.6. The average molecular weight is 527 g/mol. The van der Waals surface area contributed by atoms with Crippen LogP contribution in [0, 0.1) is 0 Å². The summed E-state index contributed by atoms with van der Waals surface area (Å²) < 4.78 is 117. The molecule has 2 unspecified atom stereocenters. The van der Waals surface area contributed by atoms with Crippen molar-refractivity contribution in [3.63, 3.8) is 0 Å². The van der Waals surface area contributed by atoms with E-state index < -0.39 is 64.8 Å². The second-order valence-corrected chi connectivity index (χ2v) is 9.96. The van der Waals surface area contributed by atoms with Crippen molar-refractivity contribution >= 4 is 21.1 Å². The van der Waals surface area contributed by atoms with Crippen molar-refractivity contribution in [2.24, 2.45) is 7.05 Å². The van der Waals surface area contributed by atoms with Crippen molar-refractivity contribution < 1.29 is 26.9 Å². The van der Waals surface area contributed by atoms with Gasteiger partial charge in [0.15, 0.2) is 5.52 Å². The molecule has 10 nitrogen and oxygen atoms in total. The maximum Gasteiger partial charge on any atom is 0.277 e. The van der Waals surface area contributed by atoms with Gasteiger partial charge >= 0.3 is 0 Å². The van der Waals surface area contributed by atoms with Gasteiger partial charge in [0.25, 0.3) is 5.56 Å². The van der Waals surface area contributed by atoms with Gasteiger partial charge in [0, 0.05) is 33.3 Å². The normalized spacial score (nSPS) is 23.2. The lowest BCUT2D eigenvalue weighted by Crippen LogP contribution is -2.31. The number of aromatic amines is 1. The number of nitrogens with zero attached hydrogens (tertiary/aromatic N) is 4. The van der Waals surface area contributed by atoms with Gasteiger partial charge in [-0.05, 0) is 63.7 Å². The second-order valence-electron chi connectivity index (χ2n) is 8.25. The van der Waals surface area contributed by atoms with E-state index in [1.54, 1.807) is 0 Å². The molecule has 1 aliphatic rings. The number of aryl methyl sites for hydroxylation is 2. The number of H-pyrrole nitrogens is 1. The molecular formula is C25H36N6O4S. The summed E-state index contributed by atoms with van der Waals surface area (Å²) in [5.74, 6) is -0.140. The lowest BCUT2D eigenvalue weighted by molar-refractivity contribution is 0.297. The van der Waals surface area contributed by atoms with Gasteiger partial charge in [0.2, 0.25) is 10.0 Å². The minimum absolute atomic E-state index is 0.0425. The maximum absolute atomic E-state index is 13.5. The second kappa shape index (κ2) is 11.1. The van der Waals surface area contributed by atoms with E-state index in [0.29, 0.717) is 12.8 Å². The van der Waals surface area contributed by atoms with Crippen LogP contribution in [0.25, 0.3) is 22.4 Å². The molecule has 0 aliphatic carbocycles. The van der Waals surface area contributed by atoms with E-state index in [1.807, 2.05) is 11.6 Å². The first-order valence-corrected chi connectivity index (χ1v) is 13.0. The number of likely N-dealkylation sites (tertiary alicyclic amines) is 1. The van der Waals surface area contributed by atoms with Crippen LogP contribution in [0.5, 0.6) is 5.75 Å². The molecule has 3 aromatic rings. The predicted molar refractivity (Wildman–Crippen MR) is 140 cm³/mol. The summed E-state index contributed by atoms with van der Waals surface area (Å²) in [6.07, 6.45) is -6.66. The lowest BCUT2D eigenvalue weighted by atomic mass is 10.1. The average Bonchev–Trinajstić information content (AvgIpc) is 3.57. The van der Waals surface area contributed by atoms with Gasteiger partial charge < -0.3 is 14.6 Å². The molecule has 0 radical (unpaired) electrons. The monoisotopic (exact) mass is 526 g/mol.